The number of furan rings is 1. The molecule has 2 aliphatic rings. The molecule has 1 atom stereocenters. The van der Waals surface area contributed by atoms with Crippen molar-refractivity contribution in [1.82, 2.24) is 9.21 Å². The average molecular weight is 340 g/mol. The first-order valence-electron chi connectivity index (χ1n) is 8.26. The maximum Gasteiger partial charge on any atom is 0.289 e. The molecule has 0 N–H and O–H groups in total. The number of likely N-dealkylation sites (tertiary alicyclic amines) is 1. The van der Waals surface area contributed by atoms with Crippen molar-refractivity contribution >= 4 is 15.9 Å². The third-order valence-corrected chi connectivity index (χ3v) is 6.74. The van der Waals surface area contributed by atoms with Crippen LogP contribution in [0, 0.1) is 0 Å². The summed E-state index contributed by atoms with van der Waals surface area (Å²) in [5, 5.41) is 0. The quantitative estimate of drug-likeness (QED) is 0.844. The van der Waals surface area contributed by atoms with Crippen molar-refractivity contribution in [3.63, 3.8) is 0 Å². The maximum absolute atomic E-state index is 12.8. The smallest absolute Gasteiger partial charge is 0.289 e. The average Bonchev–Trinajstić information content (AvgIpc) is 3.12. The maximum atomic E-state index is 12.8. The van der Waals surface area contributed by atoms with Gasteiger partial charge in [-0.15, -0.1) is 0 Å². The third kappa shape index (κ3) is 3.17. The molecule has 0 aliphatic carbocycles. The minimum absolute atomic E-state index is 0.0994. The summed E-state index contributed by atoms with van der Waals surface area (Å²) in [6, 6.07) is 1.74. The minimum atomic E-state index is -3.14. The van der Waals surface area contributed by atoms with Gasteiger partial charge in [0.1, 0.15) is 0 Å². The zero-order chi connectivity index (χ0) is 16.6. The molecule has 128 valence electrons. The molecular formula is C16H24N2O4S. The molecule has 7 heteroatoms. The lowest BCUT2D eigenvalue weighted by Crippen LogP contribution is -2.50. The number of piperidine rings is 1. The Bertz CT molecular complexity index is 680. The normalized spacial score (nSPS) is 25.2. The van der Waals surface area contributed by atoms with Gasteiger partial charge in [-0.05, 0) is 31.2 Å². The Morgan fingerprint density at radius 1 is 1.30 bits per heavy atom. The zero-order valence-electron chi connectivity index (χ0n) is 13.7. The first-order chi connectivity index (χ1) is 10.9. The molecule has 0 spiro atoms. The van der Waals surface area contributed by atoms with Crippen molar-refractivity contribution in [2.24, 2.45) is 0 Å². The van der Waals surface area contributed by atoms with Crippen molar-refractivity contribution in [1.29, 1.82) is 0 Å². The predicted octanol–water partition coefficient (Wildman–Crippen LogP) is 2.04. The molecule has 0 aromatic carbocycles. The van der Waals surface area contributed by atoms with Gasteiger partial charge in [0.25, 0.3) is 5.91 Å². The van der Waals surface area contributed by atoms with Gasteiger partial charge in [-0.25, -0.2) is 8.42 Å². The van der Waals surface area contributed by atoms with Gasteiger partial charge in [-0.3, -0.25) is 4.79 Å². The molecule has 1 aromatic heterocycles. The number of rotatable bonds is 3. The highest BCUT2D eigenvalue weighted by Crippen LogP contribution is 2.27. The largest absolute Gasteiger partial charge is 0.459 e. The minimum Gasteiger partial charge on any atom is -0.459 e. The van der Waals surface area contributed by atoms with E-state index in [1.165, 1.54) is 0 Å². The zero-order valence-corrected chi connectivity index (χ0v) is 14.5. The highest BCUT2D eigenvalue weighted by molar-refractivity contribution is 7.89. The Morgan fingerprint density at radius 3 is 2.74 bits per heavy atom. The number of amides is 1. The summed E-state index contributed by atoms with van der Waals surface area (Å²) in [4.78, 5) is 14.5. The summed E-state index contributed by atoms with van der Waals surface area (Å²) in [6.45, 7) is 5.74. The van der Waals surface area contributed by atoms with Crippen LogP contribution in [0.5, 0.6) is 0 Å². The van der Waals surface area contributed by atoms with E-state index in [9.17, 15) is 13.2 Å². The second-order valence-electron chi connectivity index (χ2n) is 6.69. The van der Waals surface area contributed by atoms with E-state index in [1.807, 2.05) is 19.9 Å². The fourth-order valence-corrected chi connectivity index (χ4v) is 5.30. The second-order valence-corrected chi connectivity index (χ2v) is 8.73. The van der Waals surface area contributed by atoms with Crippen molar-refractivity contribution in [2.75, 3.05) is 25.4 Å². The Kier molecular flexibility index (Phi) is 4.51. The summed E-state index contributed by atoms with van der Waals surface area (Å²) >= 11 is 0. The van der Waals surface area contributed by atoms with Gasteiger partial charge in [0.05, 0.1) is 12.0 Å². The van der Waals surface area contributed by atoms with E-state index in [4.69, 9.17) is 4.42 Å². The molecule has 1 aromatic rings. The van der Waals surface area contributed by atoms with E-state index in [-0.39, 0.29) is 23.6 Å². The molecule has 2 saturated heterocycles. The molecular weight excluding hydrogens is 316 g/mol. The molecule has 2 fully saturated rings. The predicted molar refractivity (Wildman–Crippen MR) is 86.8 cm³/mol. The lowest BCUT2D eigenvalue weighted by molar-refractivity contribution is 0.0625. The molecule has 0 bridgehead atoms. The standard InChI is InChI=1S/C16H24N2O4S/c1-12(2)14-6-9-22-15(14)16(19)17-7-3-5-13(11-17)18-8-4-10-23(18,20)21/h6,9,12-13H,3-5,7-8,10-11H2,1-2H3. The number of sulfonamides is 1. The van der Waals surface area contributed by atoms with Crippen molar-refractivity contribution in [2.45, 2.75) is 45.1 Å². The van der Waals surface area contributed by atoms with Crippen LogP contribution in [0.3, 0.4) is 0 Å². The Balaban J connectivity index is 1.76. The van der Waals surface area contributed by atoms with E-state index >= 15 is 0 Å². The van der Waals surface area contributed by atoms with Gasteiger partial charge in [0.2, 0.25) is 10.0 Å². The molecule has 23 heavy (non-hydrogen) atoms. The molecule has 3 rings (SSSR count). The number of hydrogen-bond donors (Lipinski definition) is 0. The van der Waals surface area contributed by atoms with Gasteiger partial charge < -0.3 is 9.32 Å². The lowest BCUT2D eigenvalue weighted by atomic mass is 10.0. The van der Waals surface area contributed by atoms with Gasteiger partial charge >= 0.3 is 0 Å². The first kappa shape index (κ1) is 16.5. The van der Waals surface area contributed by atoms with E-state index in [0.717, 1.165) is 18.4 Å². The SMILES string of the molecule is CC(C)c1ccoc1C(=O)N1CCCC(N2CCCS2(=O)=O)C1. The van der Waals surface area contributed by atoms with Gasteiger partial charge in [0.15, 0.2) is 5.76 Å². The summed E-state index contributed by atoms with van der Waals surface area (Å²) in [6.07, 6.45) is 3.87. The van der Waals surface area contributed by atoms with Gasteiger partial charge in [-0.2, -0.15) is 4.31 Å². The van der Waals surface area contributed by atoms with Gasteiger partial charge in [0, 0.05) is 31.2 Å². The van der Waals surface area contributed by atoms with Crippen molar-refractivity contribution in [3.05, 3.63) is 23.7 Å². The van der Waals surface area contributed by atoms with Crippen LogP contribution in [0.15, 0.2) is 16.7 Å². The molecule has 1 amide bonds. The molecule has 2 aliphatic heterocycles. The monoisotopic (exact) mass is 340 g/mol. The summed E-state index contributed by atoms with van der Waals surface area (Å²) in [5.41, 5.74) is 0.908. The van der Waals surface area contributed by atoms with Crippen LogP contribution < -0.4 is 0 Å². The van der Waals surface area contributed by atoms with E-state index in [0.29, 0.717) is 31.8 Å². The van der Waals surface area contributed by atoms with Crippen LogP contribution in [0.2, 0.25) is 0 Å². The Hall–Kier alpha value is -1.34. The van der Waals surface area contributed by atoms with Crippen LogP contribution in [0.25, 0.3) is 0 Å². The summed E-state index contributed by atoms with van der Waals surface area (Å²) < 4.78 is 31.2. The van der Waals surface area contributed by atoms with E-state index in [1.54, 1.807) is 15.5 Å². The van der Waals surface area contributed by atoms with Crippen molar-refractivity contribution in [3.8, 4) is 0 Å². The molecule has 0 radical (unpaired) electrons. The number of nitrogens with zero attached hydrogens (tertiary/aromatic N) is 2. The topological polar surface area (TPSA) is 70.8 Å². The second kappa shape index (κ2) is 6.28. The number of carbonyl (C=O) groups is 1. The fraction of sp³-hybridized carbons (Fsp3) is 0.688. The number of hydrogen-bond acceptors (Lipinski definition) is 4. The highest BCUT2D eigenvalue weighted by atomic mass is 32.2. The third-order valence-electron chi connectivity index (χ3n) is 4.74. The molecule has 3 heterocycles. The Morgan fingerprint density at radius 2 is 2.09 bits per heavy atom. The summed E-state index contributed by atoms with van der Waals surface area (Å²) in [5.74, 6) is 0.713. The highest BCUT2D eigenvalue weighted by Gasteiger charge is 2.38. The Labute approximate surface area is 137 Å². The van der Waals surface area contributed by atoms with Crippen LogP contribution in [0.1, 0.15) is 55.1 Å². The van der Waals surface area contributed by atoms with E-state index < -0.39 is 10.0 Å². The van der Waals surface area contributed by atoms with E-state index in [2.05, 4.69) is 0 Å². The molecule has 1 unspecified atom stereocenters. The van der Waals surface area contributed by atoms with Crippen LogP contribution in [-0.4, -0.2) is 55.0 Å². The molecule has 6 nitrogen and oxygen atoms in total. The van der Waals surface area contributed by atoms with Crippen LogP contribution >= 0.6 is 0 Å². The first-order valence-corrected chi connectivity index (χ1v) is 9.87. The molecule has 0 saturated carbocycles. The van der Waals surface area contributed by atoms with Crippen LogP contribution in [-0.2, 0) is 10.0 Å². The van der Waals surface area contributed by atoms with Crippen molar-refractivity contribution < 1.29 is 17.6 Å². The lowest BCUT2D eigenvalue weighted by Gasteiger charge is -2.36. The summed E-state index contributed by atoms with van der Waals surface area (Å²) in [7, 11) is -3.14. The fourth-order valence-electron chi connectivity index (χ4n) is 3.53. The van der Waals surface area contributed by atoms with Gasteiger partial charge in [-0.1, -0.05) is 13.8 Å². The van der Waals surface area contributed by atoms with Crippen LogP contribution in [0.4, 0.5) is 0 Å². The number of carbonyl (C=O) groups excluding carboxylic acids is 1.